The van der Waals surface area contributed by atoms with Crippen molar-refractivity contribution in [3.8, 4) is 0 Å². The number of alkyl halides is 1. The third kappa shape index (κ3) is 5.25. The molecular formula is C16H16ClN5O3. The highest BCUT2D eigenvalue weighted by Gasteiger charge is 2.15. The fourth-order valence-corrected chi connectivity index (χ4v) is 2.28. The van der Waals surface area contributed by atoms with Crippen LogP contribution in [0.4, 0.5) is 11.4 Å². The molecule has 1 amide bonds. The maximum atomic E-state index is 11.5. The van der Waals surface area contributed by atoms with E-state index < -0.39 is 10.8 Å². The predicted octanol–water partition coefficient (Wildman–Crippen LogP) is 3.43. The standard InChI is InChI=1S/C16H16ClN5O3/c17-8-9-21(11-12-4-2-1-3-5-12)20-19-15-7-6-13(22(24)25)10-14(15)16(18)23/h1-7,10H,8-9,11H2,(H2,18,23). The van der Waals surface area contributed by atoms with E-state index >= 15 is 0 Å². The van der Waals surface area contributed by atoms with Crippen LogP contribution in [0.5, 0.6) is 0 Å². The zero-order valence-electron chi connectivity index (χ0n) is 13.2. The summed E-state index contributed by atoms with van der Waals surface area (Å²) in [5.74, 6) is -0.473. The van der Waals surface area contributed by atoms with Crippen LogP contribution < -0.4 is 5.73 Å². The number of non-ortho nitro benzene ring substituents is 1. The summed E-state index contributed by atoms with van der Waals surface area (Å²) in [6.45, 7) is 0.925. The second-order valence-electron chi connectivity index (χ2n) is 5.08. The Hall–Kier alpha value is -3.00. The van der Waals surface area contributed by atoms with Crippen LogP contribution in [0.15, 0.2) is 58.9 Å². The third-order valence-corrected chi connectivity index (χ3v) is 3.45. The summed E-state index contributed by atoms with van der Waals surface area (Å²) in [6.07, 6.45) is 0. The number of hydrogen-bond acceptors (Lipinski definition) is 5. The topological polar surface area (TPSA) is 114 Å². The molecule has 0 aliphatic carbocycles. The molecule has 8 nitrogen and oxygen atoms in total. The SMILES string of the molecule is NC(=O)c1cc([N+](=O)[O-])ccc1N=NN(CCCl)Cc1ccccc1. The third-order valence-electron chi connectivity index (χ3n) is 3.29. The smallest absolute Gasteiger partial charge is 0.270 e. The lowest BCUT2D eigenvalue weighted by atomic mass is 10.1. The van der Waals surface area contributed by atoms with Gasteiger partial charge in [0.15, 0.2) is 0 Å². The number of carbonyl (C=O) groups is 1. The fraction of sp³-hybridized carbons (Fsp3) is 0.188. The summed E-state index contributed by atoms with van der Waals surface area (Å²) in [4.78, 5) is 21.7. The monoisotopic (exact) mass is 361 g/mol. The molecule has 0 spiro atoms. The minimum atomic E-state index is -0.815. The van der Waals surface area contributed by atoms with Crippen LogP contribution in [0.25, 0.3) is 0 Å². The van der Waals surface area contributed by atoms with Crippen LogP contribution in [0, 0.1) is 10.1 Å². The summed E-state index contributed by atoms with van der Waals surface area (Å²) in [5.41, 5.74) is 6.14. The Balaban J connectivity index is 2.25. The zero-order valence-corrected chi connectivity index (χ0v) is 14.0. The molecule has 2 N–H and O–H groups in total. The van der Waals surface area contributed by atoms with E-state index in [1.54, 1.807) is 5.01 Å². The predicted molar refractivity (Wildman–Crippen MR) is 93.7 cm³/mol. The number of hydrogen-bond donors (Lipinski definition) is 1. The van der Waals surface area contributed by atoms with Gasteiger partial charge in [-0.15, -0.1) is 16.7 Å². The normalized spacial score (nSPS) is 10.8. The van der Waals surface area contributed by atoms with Crippen molar-refractivity contribution in [2.75, 3.05) is 12.4 Å². The molecule has 0 aliphatic heterocycles. The second-order valence-corrected chi connectivity index (χ2v) is 5.45. The van der Waals surface area contributed by atoms with Crippen LogP contribution in [-0.2, 0) is 6.54 Å². The van der Waals surface area contributed by atoms with Crippen molar-refractivity contribution in [3.63, 3.8) is 0 Å². The maximum Gasteiger partial charge on any atom is 0.270 e. The number of carbonyl (C=O) groups excluding carboxylic acids is 1. The lowest BCUT2D eigenvalue weighted by molar-refractivity contribution is -0.384. The Kier molecular flexibility index (Phi) is 6.41. The minimum absolute atomic E-state index is 0.0662. The molecule has 0 fully saturated rings. The van der Waals surface area contributed by atoms with Crippen LogP contribution in [0.1, 0.15) is 15.9 Å². The lowest BCUT2D eigenvalue weighted by Gasteiger charge is -2.16. The number of rotatable bonds is 8. The quantitative estimate of drug-likeness (QED) is 0.335. The Morgan fingerprint density at radius 3 is 2.56 bits per heavy atom. The first-order valence-corrected chi connectivity index (χ1v) is 7.89. The van der Waals surface area contributed by atoms with Crippen LogP contribution >= 0.6 is 11.6 Å². The summed E-state index contributed by atoms with van der Waals surface area (Å²) >= 11 is 5.79. The van der Waals surface area contributed by atoms with Gasteiger partial charge in [0, 0.05) is 18.0 Å². The van der Waals surface area contributed by atoms with E-state index in [-0.39, 0.29) is 16.9 Å². The number of nitrogens with zero attached hydrogens (tertiary/aromatic N) is 4. The van der Waals surface area contributed by atoms with Gasteiger partial charge in [0.1, 0.15) is 5.69 Å². The number of nitro groups is 1. The van der Waals surface area contributed by atoms with E-state index in [0.29, 0.717) is 19.0 Å². The number of amides is 1. The molecule has 2 aromatic rings. The molecule has 0 atom stereocenters. The lowest BCUT2D eigenvalue weighted by Crippen LogP contribution is -2.19. The van der Waals surface area contributed by atoms with E-state index in [1.165, 1.54) is 12.1 Å². The van der Waals surface area contributed by atoms with Gasteiger partial charge in [0.05, 0.1) is 23.6 Å². The zero-order chi connectivity index (χ0) is 18.2. The Morgan fingerprint density at radius 2 is 1.96 bits per heavy atom. The van der Waals surface area contributed by atoms with Crippen molar-refractivity contribution >= 4 is 28.9 Å². The molecule has 130 valence electrons. The highest BCUT2D eigenvalue weighted by atomic mass is 35.5. The number of benzene rings is 2. The van der Waals surface area contributed by atoms with Gasteiger partial charge < -0.3 is 5.73 Å². The van der Waals surface area contributed by atoms with E-state index in [4.69, 9.17) is 17.3 Å². The molecule has 25 heavy (non-hydrogen) atoms. The molecule has 0 aromatic heterocycles. The molecule has 0 saturated heterocycles. The van der Waals surface area contributed by atoms with Gasteiger partial charge in [0.25, 0.3) is 11.6 Å². The van der Waals surface area contributed by atoms with Crippen molar-refractivity contribution in [2.45, 2.75) is 6.54 Å². The molecule has 2 aromatic carbocycles. The number of halogens is 1. The van der Waals surface area contributed by atoms with Crippen molar-refractivity contribution < 1.29 is 9.72 Å². The minimum Gasteiger partial charge on any atom is -0.366 e. The average molecular weight is 362 g/mol. The first-order chi connectivity index (χ1) is 12.0. The maximum absolute atomic E-state index is 11.5. The Bertz CT molecular complexity index is 783. The van der Waals surface area contributed by atoms with Crippen molar-refractivity contribution in [1.29, 1.82) is 0 Å². The highest BCUT2D eigenvalue weighted by Crippen LogP contribution is 2.25. The first kappa shape index (κ1) is 18.3. The van der Waals surface area contributed by atoms with Gasteiger partial charge in [-0.1, -0.05) is 35.6 Å². The van der Waals surface area contributed by atoms with Gasteiger partial charge in [-0.2, -0.15) is 0 Å². The Labute approximate surface area is 149 Å². The van der Waals surface area contributed by atoms with E-state index in [0.717, 1.165) is 11.6 Å². The fourth-order valence-electron chi connectivity index (χ4n) is 2.08. The summed E-state index contributed by atoms with van der Waals surface area (Å²) in [5, 5.41) is 20.6. The van der Waals surface area contributed by atoms with Gasteiger partial charge >= 0.3 is 0 Å². The molecule has 0 unspecified atom stereocenters. The molecule has 9 heteroatoms. The van der Waals surface area contributed by atoms with Crippen LogP contribution in [0.2, 0.25) is 0 Å². The van der Waals surface area contributed by atoms with E-state index in [2.05, 4.69) is 10.3 Å². The van der Waals surface area contributed by atoms with Crippen molar-refractivity contribution in [3.05, 3.63) is 69.8 Å². The number of nitrogens with two attached hydrogens (primary N) is 1. The molecule has 2 rings (SSSR count). The van der Waals surface area contributed by atoms with Crippen LogP contribution in [0.3, 0.4) is 0 Å². The van der Waals surface area contributed by atoms with Crippen molar-refractivity contribution in [1.82, 2.24) is 5.01 Å². The molecule has 0 bridgehead atoms. The molecule has 0 heterocycles. The van der Waals surface area contributed by atoms with E-state index in [9.17, 15) is 14.9 Å². The number of primary amides is 1. The largest absolute Gasteiger partial charge is 0.366 e. The van der Waals surface area contributed by atoms with Gasteiger partial charge in [-0.05, 0) is 11.6 Å². The summed E-state index contributed by atoms with van der Waals surface area (Å²) < 4.78 is 0. The highest BCUT2D eigenvalue weighted by molar-refractivity contribution is 6.18. The van der Waals surface area contributed by atoms with Crippen molar-refractivity contribution in [2.24, 2.45) is 16.1 Å². The van der Waals surface area contributed by atoms with Gasteiger partial charge in [-0.25, -0.2) is 0 Å². The molecule has 0 aliphatic rings. The molecular weight excluding hydrogens is 346 g/mol. The first-order valence-electron chi connectivity index (χ1n) is 7.36. The summed E-state index contributed by atoms with van der Waals surface area (Å²) in [7, 11) is 0. The molecule has 0 radical (unpaired) electrons. The van der Waals surface area contributed by atoms with Crippen LogP contribution in [-0.4, -0.2) is 28.3 Å². The average Bonchev–Trinajstić information content (AvgIpc) is 2.60. The van der Waals surface area contributed by atoms with Gasteiger partial charge in [0.2, 0.25) is 0 Å². The second kappa shape index (κ2) is 8.74. The summed E-state index contributed by atoms with van der Waals surface area (Å²) in [6, 6.07) is 13.3. The number of nitro benzene ring substituents is 1. The Morgan fingerprint density at radius 1 is 1.24 bits per heavy atom. The van der Waals surface area contributed by atoms with E-state index in [1.807, 2.05) is 30.3 Å². The van der Waals surface area contributed by atoms with Gasteiger partial charge in [-0.3, -0.25) is 19.9 Å². The molecule has 0 saturated carbocycles.